The van der Waals surface area contributed by atoms with Crippen molar-refractivity contribution in [2.45, 2.75) is 13.5 Å². The van der Waals surface area contributed by atoms with E-state index in [2.05, 4.69) is 26.5 Å². The van der Waals surface area contributed by atoms with Crippen LogP contribution in [0.15, 0.2) is 76.3 Å². The average molecular weight is 460 g/mol. The smallest absolute Gasteiger partial charge is 0.175 e. The number of para-hydroxylation sites is 1. The van der Waals surface area contributed by atoms with Crippen LogP contribution in [-0.2, 0) is 6.61 Å². The lowest BCUT2D eigenvalue weighted by Gasteiger charge is -2.14. The second kappa shape index (κ2) is 10.2. The van der Waals surface area contributed by atoms with Gasteiger partial charge in [-0.2, -0.15) is 5.10 Å². The predicted octanol–water partition coefficient (Wildman–Crippen LogP) is 6.53. The largest absolute Gasteiger partial charge is 0.490 e. The summed E-state index contributed by atoms with van der Waals surface area (Å²) in [6, 6.07) is 21.2. The lowest BCUT2D eigenvalue weighted by Crippen LogP contribution is -2.01. The highest BCUT2D eigenvalue weighted by atomic mass is 79.9. The molecule has 0 radical (unpaired) electrons. The zero-order valence-corrected chi connectivity index (χ0v) is 17.7. The molecule has 0 heterocycles. The summed E-state index contributed by atoms with van der Waals surface area (Å²) < 4.78 is 12.6. The van der Waals surface area contributed by atoms with Crippen LogP contribution in [0.25, 0.3) is 0 Å². The maximum atomic E-state index is 6.00. The Kier molecular flexibility index (Phi) is 7.34. The summed E-state index contributed by atoms with van der Waals surface area (Å²) in [6.07, 6.45) is 1.74. The maximum Gasteiger partial charge on any atom is 0.175 e. The summed E-state index contributed by atoms with van der Waals surface area (Å²) in [5.74, 6) is 1.32. The van der Waals surface area contributed by atoms with Crippen molar-refractivity contribution in [2.75, 3.05) is 12.0 Å². The lowest BCUT2D eigenvalue weighted by molar-refractivity contribution is 0.267. The van der Waals surface area contributed by atoms with E-state index in [9.17, 15) is 0 Å². The van der Waals surface area contributed by atoms with Crippen LogP contribution < -0.4 is 14.9 Å². The second-order valence-electron chi connectivity index (χ2n) is 5.91. The molecule has 28 heavy (non-hydrogen) atoms. The minimum atomic E-state index is 0.416. The van der Waals surface area contributed by atoms with Gasteiger partial charge in [0.25, 0.3) is 0 Å². The molecule has 0 fully saturated rings. The molecule has 0 bridgehead atoms. The molecule has 4 nitrogen and oxygen atoms in total. The maximum absolute atomic E-state index is 6.00. The third-order valence-electron chi connectivity index (χ3n) is 3.81. The number of nitrogens with zero attached hydrogens (tertiary/aromatic N) is 1. The lowest BCUT2D eigenvalue weighted by atomic mass is 10.2. The summed E-state index contributed by atoms with van der Waals surface area (Å²) >= 11 is 9.51. The Bertz CT molecular complexity index is 931. The van der Waals surface area contributed by atoms with Crippen LogP contribution in [0.4, 0.5) is 5.69 Å². The Morgan fingerprint density at radius 2 is 1.79 bits per heavy atom. The highest BCUT2D eigenvalue weighted by molar-refractivity contribution is 9.10. The number of rotatable bonds is 8. The van der Waals surface area contributed by atoms with Crippen molar-refractivity contribution < 1.29 is 9.47 Å². The van der Waals surface area contributed by atoms with Gasteiger partial charge in [0.15, 0.2) is 11.5 Å². The molecule has 3 rings (SSSR count). The fourth-order valence-corrected chi connectivity index (χ4v) is 3.20. The Balaban J connectivity index is 1.74. The van der Waals surface area contributed by atoms with Crippen LogP contribution in [0.5, 0.6) is 11.5 Å². The fourth-order valence-electron chi connectivity index (χ4n) is 2.50. The third kappa shape index (κ3) is 5.75. The molecule has 0 aliphatic heterocycles. The normalized spacial score (nSPS) is 10.8. The van der Waals surface area contributed by atoms with E-state index in [0.29, 0.717) is 29.7 Å². The van der Waals surface area contributed by atoms with E-state index in [1.807, 2.05) is 73.7 Å². The van der Waals surface area contributed by atoms with Crippen LogP contribution in [-0.4, -0.2) is 12.8 Å². The number of anilines is 1. The summed E-state index contributed by atoms with van der Waals surface area (Å²) in [5.41, 5.74) is 5.83. The number of ether oxygens (including phenoxy) is 2. The molecule has 0 saturated heterocycles. The topological polar surface area (TPSA) is 42.8 Å². The molecule has 144 valence electrons. The first kappa shape index (κ1) is 20.2. The van der Waals surface area contributed by atoms with Crippen molar-refractivity contribution in [1.29, 1.82) is 0 Å². The van der Waals surface area contributed by atoms with Gasteiger partial charge in [0.05, 0.1) is 23.0 Å². The van der Waals surface area contributed by atoms with Crippen molar-refractivity contribution >= 4 is 39.4 Å². The van der Waals surface area contributed by atoms with E-state index in [1.54, 1.807) is 6.21 Å². The Labute approximate surface area is 178 Å². The molecule has 3 aromatic rings. The van der Waals surface area contributed by atoms with E-state index in [-0.39, 0.29) is 0 Å². The van der Waals surface area contributed by atoms with Crippen LogP contribution in [0, 0.1) is 0 Å². The predicted molar refractivity (Wildman–Crippen MR) is 119 cm³/mol. The number of nitrogens with one attached hydrogen (secondary N) is 1. The quantitative estimate of drug-likeness (QED) is 0.308. The number of benzene rings is 3. The van der Waals surface area contributed by atoms with E-state index < -0.39 is 0 Å². The molecular formula is C22H20BrClN2O2. The van der Waals surface area contributed by atoms with Crippen LogP contribution >= 0.6 is 27.5 Å². The molecule has 1 N–H and O–H groups in total. The van der Waals surface area contributed by atoms with Gasteiger partial charge >= 0.3 is 0 Å². The van der Waals surface area contributed by atoms with Crippen LogP contribution in [0.3, 0.4) is 0 Å². The van der Waals surface area contributed by atoms with Gasteiger partial charge in [-0.3, -0.25) is 5.43 Å². The molecule has 0 spiro atoms. The monoisotopic (exact) mass is 458 g/mol. The van der Waals surface area contributed by atoms with E-state index in [0.717, 1.165) is 21.3 Å². The fraction of sp³-hybridized carbons (Fsp3) is 0.136. The standard InChI is InChI=1S/C22H20BrClN2O2/c1-2-27-21-13-17(14-25-26-19-6-4-3-5-7-19)12-20(23)22(21)28-15-16-8-10-18(24)11-9-16/h3-14,26H,2,15H2,1H3/b25-14-. The molecule has 6 heteroatoms. The van der Waals surface area contributed by atoms with Crippen molar-refractivity contribution in [3.8, 4) is 11.5 Å². The van der Waals surface area contributed by atoms with Crippen molar-refractivity contribution in [3.05, 3.63) is 87.4 Å². The Morgan fingerprint density at radius 1 is 1.04 bits per heavy atom. The zero-order chi connectivity index (χ0) is 19.8. The molecule has 0 aromatic heterocycles. The van der Waals surface area contributed by atoms with Gasteiger partial charge in [-0.15, -0.1) is 0 Å². The van der Waals surface area contributed by atoms with Gasteiger partial charge in [0, 0.05) is 5.02 Å². The van der Waals surface area contributed by atoms with Gasteiger partial charge in [-0.05, 0) is 70.4 Å². The molecule has 0 atom stereocenters. The number of hydrogen-bond acceptors (Lipinski definition) is 4. The molecular weight excluding hydrogens is 440 g/mol. The first-order chi connectivity index (χ1) is 13.7. The minimum absolute atomic E-state index is 0.416. The van der Waals surface area contributed by atoms with E-state index >= 15 is 0 Å². The summed E-state index contributed by atoms with van der Waals surface area (Å²) in [6.45, 7) is 2.89. The molecule has 3 aromatic carbocycles. The SMILES string of the molecule is CCOc1cc(/C=N\Nc2ccccc2)cc(Br)c1OCc1ccc(Cl)cc1. The molecule has 0 aliphatic rings. The number of hydrazone groups is 1. The van der Waals surface area contributed by atoms with Gasteiger partial charge < -0.3 is 9.47 Å². The molecule has 0 unspecified atom stereocenters. The van der Waals surface area contributed by atoms with Gasteiger partial charge in [0.1, 0.15) is 6.61 Å². The zero-order valence-electron chi connectivity index (χ0n) is 15.4. The van der Waals surface area contributed by atoms with Gasteiger partial charge in [-0.1, -0.05) is 41.9 Å². The minimum Gasteiger partial charge on any atom is -0.490 e. The first-order valence-corrected chi connectivity index (χ1v) is 10.0. The Morgan fingerprint density at radius 3 is 2.50 bits per heavy atom. The van der Waals surface area contributed by atoms with Crippen LogP contribution in [0.1, 0.15) is 18.1 Å². The van der Waals surface area contributed by atoms with Crippen molar-refractivity contribution in [2.24, 2.45) is 5.10 Å². The Hall–Kier alpha value is -2.50. The molecule has 0 amide bonds. The van der Waals surface area contributed by atoms with Crippen molar-refractivity contribution in [1.82, 2.24) is 0 Å². The van der Waals surface area contributed by atoms with E-state index in [4.69, 9.17) is 21.1 Å². The molecule has 0 aliphatic carbocycles. The summed E-state index contributed by atoms with van der Waals surface area (Å²) in [4.78, 5) is 0. The number of hydrogen-bond donors (Lipinski definition) is 1. The average Bonchev–Trinajstić information content (AvgIpc) is 2.70. The third-order valence-corrected chi connectivity index (χ3v) is 4.65. The second-order valence-corrected chi connectivity index (χ2v) is 7.20. The summed E-state index contributed by atoms with van der Waals surface area (Å²) in [7, 11) is 0. The van der Waals surface area contributed by atoms with E-state index in [1.165, 1.54) is 0 Å². The highest BCUT2D eigenvalue weighted by Gasteiger charge is 2.12. The summed E-state index contributed by atoms with van der Waals surface area (Å²) in [5, 5.41) is 4.98. The van der Waals surface area contributed by atoms with Crippen molar-refractivity contribution in [3.63, 3.8) is 0 Å². The highest BCUT2D eigenvalue weighted by Crippen LogP contribution is 2.37. The molecule has 0 saturated carbocycles. The van der Waals surface area contributed by atoms with Crippen LogP contribution in [0.2, 0.25) is 5.02 Å². The van der Waals surface area contributed by atoms with Gasteiger partial charge in [-0.25, -0.2) is 0 Å². The first-order valence-electron chi connectivity index (χ1n) is 8.83. The van der Waals surface area contributed by atoms with Gasteiger partial charge in [0.2, 0.25) is 0 Å². The number of halogens is 2.